The van der Waals surface area contributed by atoms with Crippen molar-refractivity contribution in [1.29, 1.82) is 0 Å². The first-order chi connectivity index (χ1) is 14.4. The van der Waals surface area contributed by atoms with Crippen LogP contribution in [0.4, 0.5) is 0 Å². The van der Waals surface area contributed by atoms with Crippen molar-refractivity contribution in [2.45, 2.75) is 38.8 Å². The van der Waals surface area contributed by atoms with Crippen LogP contribution in [0, 0.1) is 6.92 Å². The average molecular weight is 404 g/mol. The molecular formula is C22H24N6O2. The maximum atomic E-state index is 13.1. The number of hydrogen-bond donors (Lipinski definition) is 2. The number of benzene rings is 1. The van der Waals surface area contributed by atoms with Crippen molar-refractivity contribution in [1.82, 2.24) is 29.6 Å². The maximum Gasteiger partial charge on any atom is 0.261 e. The lowest BCUT2D eigenvalue weighted by Gasteiger charge is -2.29. The van der Waals surface area contributed by atoms with Crippen LogP contribution < -0.4 is 10.9 Å². The molecule has 4 aromatic rings. The van der Waals surface area contributed by atoms with Crippen LogP contribution >= 0.6 is 0 Å². The minimum atomic E-state index is -0.0683. The molecule has 1 fully saturated rings. The van der Waals surface area contributed by atoms with Crippen molar-refractivity contribution in [2.24, 2.45) is 7.05 Å². The molecular weight excluding hydrogens is 380 g/mol. The van der Waals surface area contributed by atoms with Crippen LogP contribution in [0.25, 0.3) is 33.2 Å². The summed E-state index contributed by atoms with van der Waals surface area (Å²) in [6.07, 6.45) is 7.14. The standard InChI is InChI=1S/C22H24N6O2/c1-12-8-15(4-6-23-12)28-7-5-18-17(22(28)30)10-24-21(25-18)16-9-14-11-27(3)26-19(14)13(2)20(16)29/h5,7,9-12,15,23,29H,4,6,8H2,1-3H3/t12-,15-/m1/s1. The Morgan fingerprint density at radius 1 is 1.33 bits per heavy atom. The monoisotopic (exact) mass is 404 g/mol. The summed E-state index contributed by atoms with van der Waals surface area (Å²) in [7, 11) is 1.84. The number of aromatic nitrogens is 5. The van der Waals surface area contributed by atoms with Crippen LogP contribution in [0.3, 0.4) is 0 Å². The van der Waals surface area contributed by atoms with E-state index in [0.29, 0.717) is 33.9 Å². The molecule has 0 saturated carbocycles. The predicted molar refractivity (Wildman–Crippen MR) is 116 cm³/mol. The van der Waals surface area contributed by atoms with E-state index in [0.717, 1.165) is 30.3 Å². The molecule has 0 bridgehead atoms. The van der Waals surface area contributed by atoms with Crippen LogP contribution in [0.1, 0.15) is 31.4 Å². The zero-order valence-corrected chi connectivity index (χ0v) is 17.3. The Morgan fingerprint density at radius 2 is 2.17 bits per heavy atom. The maximum absolute atomic E-state index is 13.1. The Hall–Kier alpha value is -3.26. The molecule has 0 aliphatic carbocycles. The molecule has 4 heterocycles. The van der Waals surface area contributed by atoms with Crippen molar-refractivity contribution in [3.8, 4) is 17.1 Å². The molecule has 3 aromatic heterocycles. The van der Waals surface area contributed by atoms with Gasteiger partial charge in [-0.25, -0.2) is 9.97 Å². The van der Waals surface area contributed by atoms with Gasteiger partial charge >= 0.3 is 0 Å². The second-order valence-corrected chi connectivity index (χ2v) is 8.19. The topological polar surface area (TPSA) is 97.9 Å². The van der Waals surface area contributed by atoms with Gasteiger partial charge in [-0.15, -0.1) is 0 Å². The number of phenols is 1. The van der Waals surface area contributed by atoms with E-state index in [1.807, 2.05) is 43.1 Å². The van der Waals surface area contributed by atoms with E-state index in [2.05, 4.69) is 27.3 Å². The first kappa shape index (κ1) is 18.7. The number of pyridine rings is 1. The lowest BCUT2D eigenvalue weighted by atomic mass is 10.00. The summed E-state index contributed by atoms with van der Waals surface area (Å²) in [5.74, 6) is 0.499. The summed E-state index contributed by atoms with van der Waals surface area (Å²) >= 11 is 0. The second kappa shape index (κ2) is 6.91. The lowest BCUT2D eigenvalue weighted by Crippen LogP contribution is -2.39. The molecule has 0 unspecified atom stereocenters. The number of rotatable bonds is 2. The van der Waals surface area contributed by atoms with Crippen molar-refractivity contribution in [3.63, 3.8) is 0 Å². The lowest BCUT2D eigenvalue weighted by molar-refractivity contribution is 0.309. The van der Waals surface area contributed by atoms with E-state index >= 15 is 0 Å². The highest BCUT2D eigenvalue weighted by Gasteiger charge is 2.22. The fraction of sp³-hybridized carbons (Fsp3) is 0.364. The molecule has 8 nitrogen and oxygen atoms in total. The van der Waals surface area contributed by atoms with Gasteiger partial charge < -0.3 is 15.0 Å². The van der Waals surface area contributed by atoms with E-state index in [1.165, 1.54) is 0 Å². The van der Waals surface area contributed by atoms with Crippen molar-refractivity contribution in [2.75, 3.05) is 6.54 Å². The van der Waals surface area contributed by atoms with Gasteiger partial charge in [0, 0.05) is 48.7 Å². The van der Waals surface area contributed by atoms with Gasteiger partial charge in [-0.1, -0.05) is 0 Å². The van der Waals surface area contributed by atoms with Gasteiger partial charge in [-0.2, -0.15) is 5.10 Å². The summed E-state index contributed by atoms with van der Waals surface area (Å²) in [5, 5.41) is 19.9. The summed E-state index contributed by atoms with van der Waals surface area (Å²) in [6.45, 7) is 4.87. The molecule has 0 spiro atoms. The Morgan fingerprint density at radius 3 is 2.97 bits per heavy atom. The summed E-state index contributed by atoms with van der Waals surface area (Å²) in [6, 6.07) is 4.26. The van der Waals surface area contributed by atoms with E-state index in [-0.39, 0.29) is 17.4 Å². The molecule has 1 aromatic carbocycles. The Labute approximate surface area is 173 Å². The fourth-order valence-corrected chi connectivity index (χ4v) is 4.43. The van der Waals surface area contributed by atoms with E-state index in [4.69, 9.17) is 0 Å². The molecule has 0 radical (unpaired) electrons. The number of phenolic OH excluding ortho intramolecular Hbond substituents is 1. The Kier molecular flexibility index (Phi) is 4.32. The molecule has 154 valence electrons. The number of nitrogens with zero attached hydrogens (tertiary/aromatic N) is 5. The molecule has 2 atom stereocenters. The largest absolute Gasteiger partial charge is 0.507 e. The van der Waals surface area contributed by atoms with Crippen LogP contribution in [-0.4, -0.2) is 42.0 Å². The van der Waals surface area contributed by atoms with E-state index in [9.17, 15) is 9.90 Å². The SMILES string of the molecule is Cc1c(O)c(-c2ncc3c(=O)n([C@@H]4CCN[C@H](C)C4)ccc3n2)cc2cn(C)nc12. The van der Waals surface area contributed by atoms with Crippen molar-refractivity contribution < 1.29 is 5.11 Å². The minimum Gasteiger partial charge on any atom is -0.507 e. The third-order valence-electron chi connectivity index (χ3n) is 6.03. The fourth-order valence-electron chi connectivity index (χ4n) is 4.43. The molecule has 30 heavy (non-hydrogen) atoms. The number of fused-ring (bicyclic) bond motifs is 2. The molecule has 1 saturated heterocycles. The van der Waals surface area contributed by atoms with Crippen molar-refractivity contribution >= 4 is 21.8 Å². The van der Waals surface area contributed by atoms with Crippen molar-refractivity contribution in [3.05, 3.63) is 46.6 Å². The number of piperidine rings is 1. The Balaban J connectivity index is 1.61. The molecule has 2 N–H and O–H groups in total. The number of aromatic hydroxyl groups is 1. The van der Waals surface area contributed by atoms with Crippen LogP contribution in [-0.2, 0) is 7.05 Å². The molecule has 0 amide bonds. The van der Waals surface area contributed by atoms with Crippen LogP contribution in [0.2, 0.25) is 0 Å². The molecule has 1 aliphatic heterocycles. The second-order valence-electron chi connectivity index (χ2n) is 8.19. The third kappa shape index (κ3) is 2.95. The van der Waals surface area contributed by atoms with E-state index < -0.39 is 0 Å². The van der Waals surface area contributed by atoms with Crippen LogP contribution in [0.15, 0.2) is 35.5 Å². The highest BCUT2D eigenvalue weighted by Crippen LogP contribution is 2.35. The van der Waals surface area contributed by atoms with Gasteiger partial charge in [0.2, 0.25) is 0 Å². The highest BCUT2D eigenvalue weighted by molar-refractivity contribution is 5.90. The first-order valence-corrected chi connectivity index (χ1v) is 10.2. The predicted octanol–water partition coefficient (Wildman–Crippen LogP) is 2.67. The zero-order valence-electron chi connectivity index (χ0n) is 17.3. The normalized spacial score (nSPS) is 19.6. The summed E-state index contributed by atoms with van der Waals surface area (Å²) < 4.78 is 3.53. The number of nitrogens with one attached hydrogen (secondary N) is 1. The molecule has 5 rings (SSSR count). The van der Waals surface area contributed by atoms with Gasteiger partial charge in [-0.3, -0.25) is 9.48 Å². The zero-order chi connectivity index (χ0) is 21.0. The number of hydrogen-bond acceptors (Lipinski definition) is 6. The first-order valence-electron chi connectivity index (χ1n) is 10.2. The van der Waals surface area contributed by atoms with Gasteiger partial charge in [0.1, 0.15) is 5.75 Å². The average Bonchev–Trinajstić information content (AvgIpc) is 3.11. The van der Waals surface area contributed by atoms with Gasteiger partial charge in [0.25, 0.3) is 5.56 Å². The van der Waals surface area contributed by atoms with Gasteiger partial charge in [0.15, 0.2) is 5.82 Å². The molecule has 8 heteroatoms. The minimum absolute atomic E-state index is 0.0683. The molecule has 1 aliphatic rings. The summed E-state index contributed by atoms with van der Waals surface area (Å²) in [4.78, 5) is 22.1. The smallest absolute Gasteiger partial charge is 0.261 e. The Bertz CT molecular complexity index is 1340. The van der Waals surface area contributed by atoms with Gasteiger partial charge in [-0.05, 0) is 45.4 Å². The van der Waals surface area contributed by atoms with E-state index in [1.54, 1.807) is 10.9 Å². The third-order valence-corrected chi connectivity index (χ3v) is 6.03. The quantitative estimate of drug-likeness (QED) is 0.533. The highest BCUT2D eigenvalue weighted by atomic mass is 16.3. The summed E-state index contributed by atoms with van der Waals surface area (Å²) in [5.41, 5.74) is 2.47. The van der Waals surface area contributed by atoms with Gasteiger partial charge in [0.05, 0.1) is 22.0 Å². The number of aryl methyl sites for hydroxylation is 2. The van der Waals surface area contributed by atoms with Crippen LogP contribution in [0.5, 0.6) is 5.75 Å².